The lowest BCUT2D eigenvalue weighted by atomic mass is 10.2. The second kappa shape index (κ2) is 8.68. The van der Waals surface area contributed by atoms with Crippen molar-refractivity contribution in [1.82, 2.24) is 15.1 Å². The quantitative estimate of drug-likeness (QED) is 0.859. The minimum atomic E-state index is 0.0899. The molecule has 3 rings (SSSR count). The Morgan fingerprint density at radius 3 is 2.76 bits per heavy atom. The van der Waals surface area contributed by atoms with E-state index in [0.29, 0.717) is 25.2 Å². The molecule has 138 valence electrons. The summed E-state index contributed by atoms with van der Waals surface area (Å²) in [5.41, 5.74) is 1.06. The van der Waals surface area contributed by atoms with Crippen LogP contribution in [0.3, 0.4) is 0 Å². The van der Waals surface area contributed by atoms with Crippen molar-refractivity contribution in [2.45, 2.75) is 51.3 Å². The van der Waals surface area contributed by atoms with E-state index in [1.54, 1.807) is 0 Å². The molecule has 1 heterocycles. The van der Waals surface area contributed by atoms with E-state index in [9.17, 15) is 4.79 Å². The van der Waals surface area contributed by atoms with E-state index in [4.69, 9.17) is 4.74 Å². The third-order valence-corrected chi connectivity index (χ3v) is 5.36. The van der Waals surface area contributed by atoms with E-state index < -0.39 is 0 Å². The number of rotatable bonds is 6. The van der Waals surface area contributed by atoms with Crippen LogP contribution in [0.2, 0.25) is 0 Å². The highest BCUT2D eigenvalue weighted by Crippen LogP contribution is 2.26. The van der Waals surface area contributed by atoms with Gasteiger partial charge in [-0.2, -0.15) is 0 Å². The first kappa shape index (κ1) is 18.2. The van der Waals surface area contributed by atoms with Gasteiger partial charge in [0, 0.05) is 37.8 Å². The van der Waals surface area contributed by atoms with Crippen LogP contribution in [-0.4, -0.2) is 61.1 Å². The molecule has 1 amide bonds. The van der Waals surface area contributed by atoms with Gasteiger partial charge in [0.25, 0.3) is 0 Å². The van der Waals surface area contributed by atoms with Gasteiger partial charge in [-0.1, -0.05) is 18.2 Å². The molecule has 2 aliphatic rings. The fourth-order valence-corrected chi connectivity index (χ4v) is 3.80. The Bertz CT molecular complexity index is 572. The third-order valence-electron chi connectivity index (χ3n) is 5.36. The van der Waals surface area contributed by atoms with E-state index in [1.165, 1.54) is 12.8 Å². The number of nitrogens with zero attached hydrogens (tertiary/aromatic N) is 2. The Hall–Kier alpha value is -1.59. The van der Waals surface area contributed by atoms with Crippen LogP contribution in [0, 0.1) is 0 Å². The highest BCUT2D eigenvalue weighted by molar-refractivity contribution is 5.78. The molecule has 1 saturated heterocycles. The summed E-state index contributed by atoms with van der Waals surface area (Å²) in [5, 5.41) is 3.07. The number of carbonyl (C=O) groups is 1. The zero-order valence-corrected chi connectivity index (χ0v) is 15.5. The molecule has 1 N–H and O–H groups in total. The zero-order valence-electron chi connectivity index (χ0n) is 15.5. The number of hydrogen-bond donors (Lipinski definition) is 1. The minimum Gasteiger partial charge on any atom is -0.490 e. The number of piperazine rings is 1. The van der Waals surface area contributed by atoms with Gasteiger partial charge in [-0.25, -0.2) is 0 Å². The van der Waals surface area contributed by atoms with E-state index in [-0.39, 0.29) is 5.91 Å². The topological polar surface area (TPSA) is 44.8 Å². The van der Waals surface area contributed by atoms with Crippen molar-refractivity contribution in [3.63, 3.8) is 0 Å². The van der Waals surface area contributed by atoms with Crippen molar-refractivity contribution < 1.29 is 9.53 Å². The number of benzene rings is 1. The molecule has 0 bridgehead atoms. The van der Waals surface area contributed by atoms with Crippen LogP contribution in [0.5, 0.6) is 5.75 Å². The van der Waals surface area contributed by atoms with Crippen molar-refractivity contribution >= 4 is 5.91 Å². The molecule has 1 atom stereocenters. The number of hydrogen-bond acceptors (Lipinski definition) is 4. The fourth-order valence-electron chi connectivity index (χ4n) is 3.80. The normalized spacial score (nSPS) is 22.9. The molecule has 25 heavy (non-hydrogen) atoms. The Morgan fingerprint density at radius 1 is 1.24 bits per heavy atom. The van der Waals surface area contributed by atoms with Crippen LogP contribution in [0.15, 0.2) is 24.3 Å². The molecule has 1 aliphatic carbocycles. The van der Waals surface area contributed by atoms with Gasteiger partial charge in [0.15, 0.2) is 0 Å². The summed E-state index contributed by atoms with van der Waals surface area (Å²) in [4.78, 5) is 16.9. The highest BCUT2D eigenvalue weighted by Gasteiger charge is 2.23. The van der Waals surface area contributed by atoms with Crippen molar-refractivity contribution in [2.24, 2.45) is 0 Å². The number of para-hydroxylation sites is 1. The molecule has 1 aromatic rings. The van der Waals surface area contributed by atoms with Gasteiger partial charge in [0.05, 0.1) is 12.6 Å². The van der Waals surface area contributed by atoms with Gasteiger partial charge in [0.1, 0.15) is 5.75 Å². The highest BCUT2D eigenvalue weighted by atomic mass is 16.5. The second-order valence-corrected chi connectivity index (χ2v) is 7.49. The van der Waals surface area contributed by atoms with Crippen LogP contribution < -0.4 is 10.1 Å². The van der Waals surface area contributed by atoms with Gasteiger partial charge in [-0.3, -0.25) is 9.69 Å². The summed E-state index contributed by atoms with van der Waals surface area (Å²) in [6.45, 7) is 6.19. The molecule has 5 heteroatoms. The van der Waals surface area contributed by atoms with Crippen molar-refractivity contribution in [1.29, 1.82) is 0 Å². The maximum Gasteiger partial charge on any atom is 0.234 e. The standard InChI is InChI=1S/C20H31N3O2/c1-16-14-22(2)11-12-23(16)15-20(24)21-13-17-7-3-6-10-19(17)25-18-8-4-5-9-18/h3,6-7,10,16,18H,4-5,8-9,11-15H2,1-2H3,(H,21,24). The van der Waals surface area contributed by atoms with E-state index in [0.717, 1.165) is 43.8 Å². The number of ether oxygens (including phenoxy) is 1. The first-order valence-electron chi connectivity index (χ1n) is 9.55. The fraction of sp³-hybridized carbons (Fsp3) is 0.650. The van der Waals surface area contributed by atoms with Crippen LogP contribution in [0.4, 0.5) is 0 Å². The predicted octanol–water partition coefficient (Wildman–Crippen LogP) is 2.26. The zero-order chi connectivity index (χ0) is 17.6. The molecule has 1 saturated carbocycles. The lowest BCUT2D eigenvalue weighted by Crippen LogP contribution is -2.53. The predicted molar refractivity (Wildman–Crippen MR) is 99.7 cm³/mol. The SMILES string of the molecule is CC1CN(C)CCN1CC(=O)NCc1ccccc1OC1CCCC1. The summed E-state index contributed by atoms with van der Waals surface area (Å²) in [6.07, 6.45) is 5.13. The van der Waals surface area contributed by atoms with Crippen molar-refractivity contribution in [3.8, 4) is 5.75 Å². The van der Waals surface area contributed by atoms with Gasteiger partial charge in [0.2, 0.25) is 5.91 Å². The van der Waals surface area contributed by atoms with Gasteiger partial charge < -0.3 is 15.0 Å². The van der Waals surface area contributed by atoms with Gasteiger partial charge in [-0.15, -0.1) is 0 Å². The van der Waals surface area contributed by atoms with Crippen LogP contribution in [-0.2, 0) is 11.3 Å². The molecule has 0 aromatic heterocycles. The first-order chi connectivity index (χ1) is 12.1. The van der Waals surface area contributed by atoms with Crippen molar-refractivity contribution in [2.75, 3.05) is 33.2 Å². The lowest BCUT2D eigenvalue weighted by molar-refractivity contribution is -0.123. The molecule has 2 fully saturated rings. The number of carbonyl (C=O) groups excluding carboxylic acids is 1. The minimum absolute atomic E-state index is 0.0899. The van der Waals surface area contributed by atoms with Crippen LogP contribution >= 0.6 is 0 Å². The Labute approximate surface area is 151 Å². The maximum absolute atomic E-state index is 12.4. The molecule has 1 unspecified atom stereocenters. The van der Waals surface area contributed by atoms with Gasteiger partial charge in [-0.05, 0) is 45.7 Å². The number of likely N-dealkylation sites (N-methyl/N-ethyl adjacent to an activating group) is 1. The van der Waals surface area contributed by atoms with E-state index in [1.807, 2.05) is 24.3 Å². The Kier molecular flexibility index (Phi) is 6.32. The average molecular weight is 345 g/mol. The largest absolute Gasteiger partial charge is 0.490 e. The summed E-state index contributed by atoms with van der Waals surface area (Å²) < 4.78 is 6.15. The Balaban J connectivity index is 1.50. The Morgan fingerprint density at radius 2 is 2.00 bits per heavy atom. The molecule has 5 nitrogen and oxygen atoms in total. The lowest BCUT2D eigenvalue weighted by Gasteiger charge is -2.37. The summed E-state index contributed by atoms with van der Waals surface area (Å²) in [6, 6.07) is 8.49. The first-order valence-corrected chi connectivity index (χ1v) is 9.55. The maximum atomic E-state index is 12.4. The van der Waals surface area contributed by atoms with Gasteiger partial charge >= 0.3 is 0 Å². The second-order valence-electron chi connectivity index (χ2n) is 7.49. The number of nitrogens with one attached hydrogen (secondary N) is 1. The molecular formula is C20H31N3O2. The monoisotopic (exact) mass is 345 g/mol. The molecule has 1 aromatic carbocycles. The van der Waals surface area contributed by atoms with Crippen LogP contribution in [0.25, 0.3) is 0 Å². The average Bonchev–Trinajstić information content (AvgIpc) is 3.10. The summed E-state index contributed by atoms with van der Waals surface area (Å²) >= 11 is 0. The molecule has 0 radical (unpaired) electrons. The number of amides is 1. The smallest absolute Gasteiger partial charge is 0.234 e. The van der Waals surface area contributed by atoms with E-state index in [2.05, 4.69) is 29.1 Å². The van der Waals surface area contributed by atoms with Crippen LogP contribution in [0.1, 0.15) is 38.2 Å². The summed E-state index contributed by atoms with van der Waals surface area (Å²) in [7, 11) is 2.13. The molecule has 1 aliphatic heterocycles. The molecule has 0 spiro atoms. The third kappa shape index (κ3) is 5.19. The van der Waals surface area contributed by atoms with Crippen molar-refractivity contribution in [3.05, 3.63) is 29.8 Å². The van der Waals surface area contributed by atoms with E-state index >= 15 is 0 Å². The summed E-state index contributed by atoms with van der Waals surface area (Å²) in [5.74, 6) is 1.01. The molecular weight excluding hydrogens is 314 g/mol.